The van der Waals surface area contributed by atoms with Crippen molar-refractivity contribution in [2.75, 3.05) is 23.8 Å². The maximum absolute atomic E-state index is 12.1. The molecule has 1 aliphatic rings. The number of carbonyl (C=O) groups is 1. The fourth-order valence-electron chi connectivity index (χ4n) is 2.22. The highest BCUT2D eigenvalue weighted by molar-refractivity contribution is 7.91. The first-order valence-corrected chi connectivity index (χ1v) is 8.71. The fourth-order valence-corrected chi connectivity index (χ4v) is 4.08. The number of rotatable bonds is 4. The van der Waals surface area contributed by atoms with Crippen LogP contribution in [0.25, 0.3) is 0 Å². The Kier molecular flexibility index (Phi) is 4.46. The zero-order valence-corrected chi connectivity index (χ0v) is 13.0. The van der Waals surface area contributed by atoms with Gasteiger partial charge in [-0.25, -0.2) is 18.4 Å². The normalized spacial score (nSPS) is 20.6. The van der Waals surface area contributed by atoms with E-state index >= 15 is 0 Å². The molecule has 0 aliphatic carbocycles. The molecule has 7 nitrogen and oxygen atoms in total. The molecule has 1 saturated heterocycles. The zero-order valence-electron chi connectivity index (χ0n) is 12.2. The molecule has 8 heteroatoms. The summed E-state index contributed by atoms with van der Waals surface area (Å²) in [6.45, 7) is 4.17. The fraction of sp³-hybridized carbons (Fsp3) is 0.615. The van der Waals surface area contributed by atoms with E-state index in [1.165, 1.54) is 6.20 Å². The molecule has 0 bridgehead atoms. The second-order valence-electron chi connectivity index (χ2n) is 5.67. The largest absolute Gasteiger partial charge is 0.396 e. The number of nitrogens with zero attached hydrogens (tertiary/aromatic N) is 2. The third-order valence-electron chi connectivity index (χ3n) is 3.45. The number of amides is 1. The second-order valence-corrected chi connectivity index (χ2v) is 7.89. The first-order valence-electron chi connectivity index (χ1n) is 6.89. The summed E-state index contributed by atoms with van der Waals surface area (Å²) >= 11 is 0. The van der Waals surface area contributed by atoms with Gasteiger partial charge in [-0.2, -0.15) is 0 Å². The van der Waals surface area contributed by atoms with Crippen molar-refractivity contribution >= 4 is 21.4 Å². The lowest BCUT2D eigenvalue weighted by molar-refractivity contribution is 0.0944. The topological polar surface area (TPSA) is 115 Å². The maximum Gasteiger partial charge on any atom is 0.272 e. The van der Waals surface area contributed by atoms with Gasteiger partial charge in [0.1, 0.15) is 5.82 Å². The Morgan fingerprint density at radius 3 is 2.81 bits per heavy atom. The highest BCUT2D eigenvalue weighted by Gasteiger charge is 2.28. The number of hydrogen-bond acceptors (Lipinski definition) is 6. The number of nitrogen functional groups attached to an aromatic ring is 1. The Labute approximate surface area is 124 Å². The minimum atomic E-state index is -2.94. The average molecular weight is 312 g/mol. The Morgan fingerprint density at radius 1 is 1.52 bits per heavy atom. The van der Waals surface area contributed by atoms with Crippen LogP contribution in [0.15, 0.2) is 6.20 Å². The molecule has 116 valence electrons. The van der Waals surface area contributed by atoms with E-state index in [0.29, 0.717) is 18.8 Å². The lowest BCUT2D eigenvalue weighted by atomic mass is 10.1. The molecule has 0 saturated carbocycles. The summed E-state index contributed by atoms with van der Waals surface area (Å²) in [7, 11) is -2.94. The van der Waals surface area contributed by atoms with Gasteiger partial charge in [0.05, 0.1) is 23.4 Å². The second kappa shape index (κ2) is 5.97. The first-order chi connectivity index (χ1) is 9.78. The number of aromatic nitrogens is 2. The van der Waals surface area contributed by atoms with Crippen molar-refractivity contribution < 1.29 is 13.2 Å². The van der Waals surface area contributed by atoms with Gasteiger partial charge in [0.15, 0.2) is 15.5 Å². The zero-order chi connectivity index (χ0) is 15.6. The van der Waals surface area contributed by atoms with E-state index in [1.807, 2.05) is 13.8 Å². The number of hydrogen-bond donors (Lipinski definition) is 2. The van der Waals surface area contributed by atoms with Gasteiger partial charge in [-0.1, -0.05) is 13.8 Å². The van der Waals surface area contributed by atoms with Gasteiger partial charge in [-0.05, 0) is 12.3 Å². The van der Waals surface area contributed by atoms with Gasteiger partial charge < -0.3 is 11.1 Å². The van der Waals surface area contributed by atoms with E-state index in [-0.39, 0.29) is 40.6 Å². The summed E-state index contributed by atoms with van der Waals surface area (Å²) in [5.41, 5.74) is 6.10. The molecule has 3 N–H and O–H groups in total. The van der Waals surface area contributed by atoms with Crippen molar-refractivity contribution in [3.05, 3.63) is 17.7 Å². The summed E-state index contributed by atoms with van der Waals surface area (Å²) in [5, 5.41) is 2.71. The Bertz CT molecular complexity index is 643. The van der Waals surface area contributed by atoms with Crippen LogP contribution >= 0.6 is 0 Å². The van der Waals surface area contributed by atoms with Crippen LogP contribution in [0.5, 0.6) is 0 Å². The van der Waals surface area contributed by atoms with Crippen molar-refractivity contribution in [2.24, 2.45) is 5.92 Å². The van der Waals surface area contributed by atoms with Crippen LogP contribution in [-0.4, -0.2) is 42.3 Å². The lowest BCUT2D eigenvalue weighted by Gasteiger charge is -2.11. The first kappa shape index (κ1) is 15.7. The van der Waals surface area contributed by atoms with E-state index in [9.17, 15) is 13.2 Å². The molecule has 1 unspecified atom stereocenters. The van der Waals surface area contributed by atoms with E-state index in [4.69, 9.17) is 5.73 Å². The van der Waals surface area contributed by atoms with Crippen molar-refractivity contribution in [3.8, 4) is 0 Å². The van der Waals surface area contributed by atoms with Crippen LogP contribution in [0.1, 0.15) is 42.5 Å². The van der Waals surface area contributed by atoms with Gasteiger partial charge in [0.2, 0.25) is 0 Å². The van der Waals surface area contributed by atoms with Crippen molar-refractivity contribution in [3.63, 3.8) is 0 Å². The molecule has 0 aromatic carbocycles. The number of carbonyl (C=O) groups excluding carboxylic acids is 1. The van der Waals surface area contributed by atoms with Crippen LogP contribution in [-0.2, 0) is 9.84 Å². The van der Waals surface area contributed by atoms with Crippen molar-refractivity contribution in [2.45, 2.75) is 26.2 Å². The van der Waals surface area contributed by atoms with Crippen LogP contribution < -0.4 is 11.1 Å². The molecular weight excluding hydrogens is 292 g/mol. The van der Waals surface area contributed by atoms with Gasteiger partial charge in [0.25, 0.3) is 5.91 Å². The van der Waals surface area contributed by atoms with E-state index in [1.54, 1.807) is 0 Å². The van der Waals surface area contributed by atoms with E-state index < -0.39 is 9.84 Å². The van der Waals surface area contributed by atoms with Gasteiger partial charge in [0, 0.05) is 12.5 Å². The SMILES string of the molecule is CC(C)c1ncc(N)c(C(=O)NCC2CCS(=O)(=O)C2)n1. The van der Waals surface area contributed by atoms with Gasteiger partial charge >= 0.3 is 0 Å². The number of nitrogens with one attached hydrogen (secondary N) is 1. The highest BCUT2D eigenvalue weighted by atomic mass is 32.2. The predicted octanol–water partition coefficient (Wildman–Crippen LogP) is 0.347. The average Bonchev–Trinajstić information content (AvgIpc) is 2.76. The molecule has 1 atom stereocenters. The highest BCUT2D eigenvalue weighted by Crippen LogP contribution is 2.18. The molecule has 1 amide bonds. The lowest BCUT2D eigenvalue weighted by Crippen LogP contribution is -2.31. The van der Waals surface area contributed by atoms with Gasteiger partial charge in [-0.15, -0.1) is 0 Å². The van der Waals surface area contributed by atoms with Crippen LogP contribution in [0.3, 0.4) is 0 Å². The maximum atomic E-state index is 12.1. The smallest absolute Gasteiger partial charge is 0.272 e. The number of nitrogens with two attached hydrogens (primary N) is 1. The molecule has 2 rings (SSSR count). The monoisotopic (exact) mass is 312 g/mol. The quantitative estimate of drug-likeness (QED) is 0.828. The number of sulfone groups is 1. The third kappa shape index (κ3) is 3.90. The van der Waals surface area contributed by atoms with Crippen molar-refractivity contribution in [1.29, 1.82) is 0 Å². The predicted molar refractivity (Wildman–Crippen MR) is 79.6 cm³/mol. The molecule has 1 aliphatic heterocycles. The standard InChI is InChI=1S/C13H20N4O3S/c1-8(2)12-15-6-10(14)11(17-12)13(18)16-5-9-3-4-21(19,20)7-9/h6,8-9H,3-5,7,14H2,1-2H3,(H,16,18). The molecular formula is C13H20N4O3S. The van der Waals surface area contributed by atoms with Gasteiger partial charge in [-0.3, -0.25) is 4.79 Å². The van der Waals surface area contributed by atoms with Crippen LogP contribution in [0, 0.1) is 5.92 Å². The number of anilines is 1. The Morgan fingerprint density at radius 2 is 2.24 bits per heavy atom. The molecule has 1 fully saturated rings. The Hall–Kier alpha value is -1.70. The van der Waals surface area contributed by atoms with E-state index in [2.05, 4.69) is 15.3 Å². The summed E-state index contributed by atoms with van der Waals surface area (Å²) in [5.74, 6) is 0.548. The third-order valence-corrected chi connectivity index (χ3v) is 5.28. The molecule has 0 spiro atoms. The van der Waals surface area contributed by atoms with Crippen molar-refractivity contribution in [1.82, 2.24) is 15.3 Å². The summed E-state index contributed by atoms with van der Waals surface area (Å²) in [6.07, 6.45) is 2.01. The molecule has 1 aromatic rings. The molecule has 1 aromatic heterocycles. The summed E-state index contributed by atoms with van der Waals surface area (Å²) in [4.78, 5) is 20.4. The minimum absolute atomic E-state index is 0.0356. The summed E-state index contributed by atoms with van der Waals surface area (Å²) in [6, 6.07) is 0. The Balaban J connectivity index is 2.02. The van der Waals surface area contributed by atoms with Crippen LogP contribution in [0.2, 0.25) is 0 Å². The van der Waals surface area contributed by atoms with Crippen LogP contribution in [0.4, 0.5) is 5.69 Å². The molecule has 21 heavy (non-hydrogen) atoms. The minimum Gasteiger partial charge on any atom is -0.396 e. The summed E-state index contributed by atoms with van der Waals surface area (Å²) < 4.78 is 22.8. The molecule has 0 radical (unpaired) electrons. The molecule has 2 heterocycles. The van der Waals surface area contributed by atoms with E-state index in [0.717, 1.165) is 0 Å².